The van der Waals surface area contributed by atoms with Gasteiger partial charge in [0.1, 0.15) is 5.75 Å². The molecule has 2 aliphatic rings. The number of hydrogen-bond donors (Lipinski definition) is 0. The number of carbonyl (C=O) groups is 1. The number of anilines is 2. The minimum atomic E-state index is 0.182. The van der Waals surface area contributed by atoms with Crippen LogP contribution in [-0.4, -0.2) is 56.7 Å². The monoisotopic (exact) mass is 393 g/mol. The molecule has 2 aromatic carbocycles. The van der Waals surface area contributed by atoms with E-state index < -0.39 is 0 Å². The summed E-state index contributed by atoms with van der Waals surface area (Å²) in [5.41, 5.74) is 2.59. The molecule has 2 saturated heterocycles. The van der Waals surface area contributed by atoms with Gasteiger partial charge in [0, 0.05) is 50.6 Å². The molecule has 1 amide bonds. The molecule has 0 aromatic heterocycles. The van der Waals surface area contributed by atoms with Crippen molar-refractivity contribution in [2.75, 3.05) is 55.7 Å². The maximum Gasteiger partial charge on any atom is 0.226 e. The molecule has 5 nitrogen and oxygen atoms in total. The minimum Gasteiger partial charge on any atom is -0.493 e. The molecule has 0 spiro atoms. The van der Waals surface area contributed by atoms with Crippen molar-refractivity contribution in [3.63, 3.8) is 0 Å². The molecular weight excluding hydrogens is 362 g/mol. The van der Waals surface area contributed by atoms with E-state index in [-0.39, 0.29) is 5.91 Å². The van der Waals surface area contributed by atoms with E-state index in [9.17, 15) is 4.79 Å². The number of amides is 1. The fourth-order valence-corrected chi connectivity index (χ4v) is 4.17. The lowest BCUT2D eigenvalue weighted by molar-refractivity contribution is -0.132. The van der Waals surface area contributed by atoms with E-state index in [4.69, 9.17) is 4.74 Å². The first-order chi connectivity index (χ1) is 14.3. The second-order valence-corrected chi connectivity index (χ2v) is 7.84. The Morgan fingerprint density at radius 1 is 0.724 bits per heavy atom. The van der Waals surface area contributed by atoms with E-state index in [1.807, 2.05) is 35.2 Å². The SMILES string of the molecule is O=C(CCOc1ccccc1)N1CCN(c2ccc(N3CCCCC3)cc2)CC1. The first-order valence-electron chi connectivity index (χ1n) is 10.9. The fraction of sp³-hybridized carbons (Fsp3) is 0.458. The van der Waals surface area contributed by atoms with Crippen LogP contribution in [-0.2, 0) is 4.79 Å². The molecule has 5 heteroatoms. The predicted molar refractivity (Wildman–Crippen MR) is 118 cm³/mol. The zero-order valence-corrected chi connectivity index (χ0v) is 17.1. The summed E-state index contributed by atoms with van der Waals surface area (Å²) in [6, 6.07) is 18.6. The van der Waals surface area contributed by atoms with Crippen LogP contribution >= 0.6 is 0 Å². The summed E-state index contributed by atoms with van der Waals surface area (Å²) in [6.07, 6.45) is 4.39. The van der Waals surface area contributed by atoms with Gasteiger partial charge in [0.25, 0.3) is 0 Å². The lowest BCUT2D eigenvalue weighted by Crippen LogP contribution is -2.49. The quantitative estimate of drug-likeness (QED) is 0.748. The van der Waals surface area contributed by atoms with Crippen LogP contribution in [0.5, 0.6) is 5.75 Å². The van der Waals surface area contributed by atoms with E-state index in [2.05, 4.69) is 34.1 Å². The molecule has 4 rings (SSSR count). The summed E-state index contributed by atoms with van der Waals surface area (Å²) < 4.78 is 5.66. The average Bonchev–Trinajstić information content (AvgIpc) is 2.80. The van der Waals surface area contributed by atoms with Crippen molar-refractivity contribution in [3.05, 3.63) is 54.6 Å². The average molecular weight is 394 g/mol. The standard InChI is InChI=1S/C24H31N3O2/c28-24(13-20-29-23-7-3-1-4-8-23)27-18-16-26(17-19-27)22-11-9-21(10-12-22)25-14-5-2-6-15-25/h1,3-4,7-12H,2,5-6,13-20H2. The van der Waals surface area contributed by atoms with Gasteiger partial charge in [-0.1, -0.05) is 18.2 Å². The molecule has 0 bridgehead atoms. The number of piperazine rings is 1. The third-order valence-corrected chi connectivity index (χ3v) is 5.90. The summed E-state index contributed by atoms with van der Waals surface area (Å²) >= 11 is 0. The first-order valence-corrected chi connectivity index (χ1v) is 10.9. The van der Waals surface area contributed by atoms with Gasteiger partial charge in [-0.25, -0.2) is 0 Å². The lowest BCUT2D eigenvalue weighted by Gasteiger charge is -2.36. The Hall–Kier alpha value is -2.69. The van der Waals surface area contributed by atoms with Gasteiger partial charge in [0.15, 0.2) is 0 Å². The molecule has 0 saturated carbocycles. The van der Waals surface area contributed by atoms with Crippen molar-refractivity contribution in [2.45, 2.75) is 25.7 Å². The van der Waals surface area contributed by atoms with Crippen molar-refractivity contribution in [1.82, 2.24) is 4.90 Å². The predicted octanol–water partition coefficient (Wildman–Crippen LogP) is 3.79. The second kappa shape index (κ2) is 9.68. The third-order valence-electron chi connectivity index (χ3n) is 5.90. The van der Waals surface area contributed by atoms with E-state index in [0.29, 0.717) is 13.0 Å². The molecule has 0 N–H and O–H groups in total. The van der Waals surface area contributed by atoms with Gasteiger partial charge < -0.3 is 19.4 Å². The molecule has 154 valence electrons. The summed E-state index contributed by atoms with van der Waals surface area (Å²) in [4.78, 5) is 19.3. The van der Waals surface area contributed by atoms with Gasteiger partial charge in [0.2, 0.25) is 5.91 Å². The van der Waals surface area contributed by atoms with Gasteiger partial charge in [0.05, 0.1) is 13.0 Å². The minimum absolute atomic E-state index is 0.182. The number of nitrogens with zero attached hydrogens (tertiary/aromatic N) is 3. The van der Waals surface area contributed by atoms with E-state index in [0.717, 1.165) is 31.9 Å². The summed E-state index contributed by atoms with van der Waals surface area (Å²) in [5, 5.41) is 0. The maximum atomic E-state index is 12.5. The van der Waals surface area contributed by atoms with E-state index in [1.54, 1.807) is 0 Å². The Morgan fingerprint density at radius 2 is 1.31 bits per heavy atom. The molecule has 29 heavy (non-hydrogen) atoms. The van der Waals surface area contributed by atoms with Gasteiger partial charge in [-0.2, -0.15) is 0 Å². The lowest BCUT2D eigenvalue weighted by atomic mass is 10.1. The van der Waals surface area contributed by atoms with Crippen molar-refractivity contribution in [2.24, 2.45) is 0 Å². The van der Waals surface area contributed by atoms with Crippen LogP contribution in [0.2, 0.25) is 0 Å². The highest BCUT2D eigenvalue weighted by molar-refractivity contribution is 5.76. The van der Waals surface area contributed by atoms with Gasteiger partial charge in [-0.05, 0) is 55.7 Å². The van der Waals surface area contributed by atoms with Crippen LogP contribution in [0.3, 0.4) is 0 Å². The van der Waals surface area contributed by atoms with Crippen LogP contribution in [0.25, 0.3) is 0 Å². The molecule has 2 aromatic rings. The van der Waals surface area contributed by atoms with Crippen molar-refractivity contribution < 1.29 is 9.53 Å². The Balaban J connectivity index is 1.22. The molecule has 0 unspecified atom stereocenters. The Bertz CT molecular complexity index is 764. The normalized spacial score (nSPS) is 17.3. The maximum absolute atomic E-state index is 12.5. The first kappa shape index (κ1) is 19.6. The number of rotatable bonds is 6. The molecule has 0 atom stereocenters. The van der Waals surface area contributed by atoms with Crippen molar-refractivity contribution in [3.8, 4) is 5.75 Å². The molecule has 0 aliphatic carbocycles. The van der Waals surface area contributed by atoms with Gasteiger partial charge in [-0.15, -0.1) is 0 Å². The molecule has 0 radical (unpaired) electrons. The fourth-order valence-electron chi connectivity index (χ4n) is 4.17. The van der Waals surface area contributed by atoms with Crippen LogP contribution < -0.4 is 14.5 Å². The van der Waals surface area contributed by atoms with Crippen LogP contribution in [0, 0.1) is 0 Å². The highest BCUT2D eigenvalue weighted by Crippen LogP contribution is 2.24. The number of piperidine rings is 1. The van der Waals surface area contributed by atoms with E-state index in [1.165, 1.54) is 43.7 Å². The third kappa shape index (κ3) is 5.22. The Kier molecular flexibility index (Phi) is 6.55. The summed E-state index contributed by atoms with van der Waals surface area (Å²) in [5.74, 6) is 0.999. The summed E-state index contributed by atoms with van der Waals surface area (Å²) in [6.45, 7) is 6.10. The second-order valence-electron chi connectivity index (χ2n) is 7.84. The zero-order chi connectivity index (χ0) is 19.9. The molecular formula is C24H31N3O2. The van der Waals surface area contributed by atoms with Crippen LogP contribution in [0.15, 0.2) is 54.6 Å². The van der Waals surface area contributed by atoms with Crippen LogP contribution in [0.4, 0.5) is 11.4 Å². The van der Waals surface area contributed by atoms with Crippen molar-refractivity contribution in [1.29, 1.82) is 0 Å². The topological polar surface area (TPSA) is 36.0 Å². The van der Waals surface area contributed by atoms with E-state index >= 15 is 0 Å². The largest absolute Gasteiger partial charge is 0.493 e. The molecule has 2 fully saturated rings. The number of hydrogen-bond acceptors (Lipinski definition) is 4. The van der Waals surface area contributed by atoms with Gasteiger partial charge >= 0.3 is 0 Å². The zero-order valence-electron chi connectivity index (χ0n) is 17.1. The molecule has 2 heterocycles. The highest BCUT2D eigenvalue weighted by atomic mass is 16.5. The summed E-state index contributed by atoms with van der Waals surface area (Å²) in [7, 11) is 0. The number of benzene rings is 2. The number of ether oxygens (including phenoxy) is 1. The Labute approximate surface area is 173 Å². The van der Waals surface area contributed by atoms with Crippen LogP contribution in [0.1, 0.15) is 25.7 Å². The highest BCUT2D eigenvalue weighted by Gasteiger charge is 2.21. The smallest absolute Gasteiger partial charge is 0.226 e. The van der Waals surface area contributed by atoms with Gasteiger partial charge in [-0.3, -0.25) is 4.79 Å². The Morgan fingerprint density at radius 3 is 1.93 bits per heavy atom. The van der Waals surface area contributed by atoms with Crippen molar-refractivity contribution >= 4 is 17.3 Å². The number of carbonyl (C=O) groups excluding carboxylic acids is 1. The molecule has 2 aliphatic heterocycles. The number of para-hydroxylation sites is 1.